The van der Waals surface area contributed by atoms with Crippen LogP contribution in [0, 0.1) is 0 Å². The van der Waals surface area contributed by atoms with Gasteiger partial charge in [0.05, 0.1) is 0 Å². The predicted octanol–water partition coefficient (Wildman–Crippen LogP) is 0.788. The first-order valence-electron chi connectivity index (χ1n) is 4.21. The van der Waals surface area contributed by atoms with E-state index in [0.29, 0.717) is 5.70 Å². The van der Waals surface area contributed by atoms with Crippen molar-refractivity contribution in [3.8, 4) is 6.01 Å². The second-order valence-electron chi connectivity index (χ2n) is 2.66. The van der Waals surface area contributed by atoms with Crippen LogP contribution in [0.15, 0.2) is 25.1 Å². The van der Waals surface area contributed by atoms with Gasteiger partial charge in [0, 0.05) is 5.70 Å². The van der Waals surface area contributed by atoms with E-state index >= 15 is 0 Å². The van der Waals surface area contributed by atoms with E-state index in [-0.39, 0.29) is 6.01 Å². The number of rotatable bonds is 5. The molecule has 80 valence electrons. The third-order valence-electron chi connectivity index (χ3n) is 1.51. The van der Waals surface area contributed by atoms with Crippen LogP contribution in [0.2, 0.25) is 0 Å². The number of carboxylic acids is 1. The number of ether oxygens (including phenoxy) is 1. The molecule has 6 heteroatoms. The molecule has 0 atom stereocenters. The third kappa shape index (κ3) is 2.94. The molecule has 1 heterocycles. The van der Waals surface area contributed by atoms with E-state index in [1.165, 1.54) is 10.9 Å². The van der Waals surface area contributed by atoms with Gasteiger partial charge in [-0.3, -0.25) is 4.57 Å². The van der Waals surface area contributed by atoms with Crippen molar-refractivity contribution in [1.29, 1.82) is 0 Å². The largest absolute Gasteiger partial charge is 0.479 e. The molecule has 0 aliphatic carbocycles. The quantitative estimate of drug-likeness (QED) is 0.725. The van der Waals surface area contributed by atoms with Gasteiger partial charge in [-0.15, -0.1) is 5.10 Å². The molecule has 0 amide bonds. The first-order chi connectivity index (χ1) is 7.15. The minimum Gasteiger partial charge on any atom is -0.479 e. The maximum atomic E-state index is 10.3. The number of carboxylic acid groups (broad SMARTS) is 1. The predicted molar refractivity (Wildman–Crippen MR) is 53.3 cm³/mol. The number of carbonyl (C=O) groups is 1. The second-order valence-corrected chi connectivity index (χ2v) is 2.66. The Kier molecular flexibility index (Phi) is 3.61. The topological polar surface area (TPSA) is 77.2 Å². The Morgan fingerprint density at radius 3 is 3.13 bits per heavy atom. The number of hydrogen-bond donors (Lipinski definition) is 1. The van der Waals surface area contributed by atoms with Crippen LogP contribution in [0.5, 0.6) is 6.01 Å². The zero-order chi connectivity index (χ0) is 11.3. The van der Waals surface area contributed by atoms with E-state index in [1.54, 1.807) is 12.2 Å². The summed E-state index contributed by atoms with van der Waals surface area (Å²) in [7, 11) is 0. The second kappa shape index (κ2) is 4.94. The Labute approximate surface area is 86.5 Å². The highest BCUT2D eigenvalue weighted by molar-refractivity contribution is 5.68. The lowest BCUT2D eigenvalue weighted by Crippen LogP contribution is -2.12. The first kappa shape index (κ1) is 11.0. The molecule has 0 aliphatic heterocycles. The molecule has 1 N–H and O–H groups in total. The van der Waals surface area contributed by atoms with E-state index < -0.39 is 12.6 Å². The summed E-state index contributed by atoms with van der Waals surface area (Å²) in [6.45, 7) is 5.13. The molecule has 1 aromatic heterocycles. The summed E-state index contributed by atoms with van der Waals surface area (Å²) in [5.74, 6) is -1.07. The number of aliphatic carboxylic acids is 1. The maximum Gasteiger partial charge on any atom is 0.341 e. The number of allylic oxidation sites excluding steroid dienone is 3. The fourth-order valence-electron chi connectivity index (χ4n) is 0.919. The molecule has 0 spiro atoms. The number of aromatic nitrogens is 3. The van der Waals surface area contributed by atoms with Crippen LogP contribution in [0.3, 0.4) is 0 Å². The minimum absolute atomic E-state index is 0.112. The van der Waals surface area contributed by atoms with Gasteiger partial charge in [0.2, 0.25) is 0 Å². The van der Waals surface area contributed by atoms with Crippen molar-refractivity contribution in [2.24, 2.45) is 0 Å². The highest BCUT2D eigenvalue weighted by atomic mass is 16.5. The summed E-state index contributed by atoms with van der Waals surface area (Å²) in [6, 6.07) is 0.112. The Balaban J connectivity index is 2.77. The van der Waals surface area contributed by atoms with E-state index in [9.17, 15) is 4.79 Å². The van der Waals surface area contributed by atoms with Gasteiger partial charge in [-0.25, -0.2) is 4.79 Å². The van der Waals surface area contributed by atoms with Crippen molar-refractivity contribution in [3.63, 3.8) is 0 Å². The van der Waals surface area contributed by atoms with E-state index in [4.69, 9.17) is 9.84 Å². The third-order valence-corrected chi connectivity index (χ3v) is 1.51. The summed E-state index contributed by atoms with van der Waals surface area (Å²) in [6.07, 6.45) is 4.93. The average molecular weight is 209 g/mol. The molecule has 15 heavy (non-hydrogen) atoms. The average Bonchev–Trinajstić information content (AvgIpc) is 2.62. The lowest BCUT2D eigenvalue weighted by Gasteiger charge is -2.05. The van der Waals surface area contributed by atoms with E-state index in [2.05, 4.69) is 16.8 Å². The van der Waals surface area contributed by atoms with Crippen molar-refractivity contribution in [2.75, 3.05) is 6.61 Å². The van der Waals surface area contributed by atoms with Crippen molar-refractivity contribution >= 4 is 11.7 Å². The molecule has 0 saturated heterocycles. The zero-order valence-corrected chi connectivity index (χ0v) is 8.25. The van der Waals surface area contributed by atoms with Crippen LogP contribution >= 0.6 is 0 Å². The van der Waals surface area contributed by atoms with Gasteiger partial charge in [-0.1, -0.05) is 17.8 Å². The van der Waals surface area contributed by atoms with Crippen LogP contribution in [0.4, 0.5) is 0 Å². The first-order valence-corrected chi connectivity index (χ1v) is 4.21. The summed E-state index contributed by atoms with van der Waals surface area (Å²) in [5.41, 5.74) is 0.600. The lowest BCUT2D eigenvalue weighted by atomic mass is 10.4. The fourth-order valence-corrected chi connectivity index (χ4v) is 0.919. The van der Waals surface area contributed by atoms with Crippen LogP contribution in [-0.4, -0.2) is 32.4 Å². The van der Waals surface area contributed by atoms with Crippen molar-refractivity contribution in [1.82, 2.24) is 14.8 Å². The zero-order valence-electron chi connectivity index (χ0n) is 8.25. The monoisotopic (exact) mass is 209 g/mol. The molecule has 6 nitrogen and oxygen atoms in total. The maximum absolute atomic E-state index is 10.3. The molecule has 0 bridgehead atoms. The molecule has 0 radical (unpaired) electrons. The summed E-state index contributed by atoms with van der Waals surface area (Å²) >= 11 is 0. The molecule has 0 aromatic carbocycles. The molecule has 0 fully saturated rings. The van der Waals surface area contributed by atoms with Gasteiger partial charge in [0.25, 0.3) is 0 Å². The normalized spacial score (nSPS) is 10.5. The van der Waals surface area contributed by atoms with Crippen molar-refractivity contribution < 1.29 is 14.6 Å². The highest BCUT2D eigenvalue weighted by Gasteiger charge is 2.08. The van der Waals surface area contributed by atoms with Gasteiger partial charge in [0.1, 0.15) is 6.33 Å². The molecule has 0 unspecified atom stereocenters. The van der Waals surface area contributed by atoms with Crippen LogP contribution < -0.4 is 4.74 Å². The van der Waals surface area contributed by atoms with E-state index in [0.717, 1.165) is 0 Å². The molecule has 1 rings (SSSR count). The fraction of sp³-hybridized carbons (Fsp3) is 0.222. The Morgan fingerprint density at radius 1 is 1.80 bits per heavy atom. The standard InChI is InChI=1S/C9H11N3O3/c1-3-4-7(2)12-6-10-11-9(12)15-5-8(13)14/h3-4,6H,2,5H2,1H3,(H,13,14). The van der Waals surface area contributed by atoms with Gasteiger partial charge in [-0.2, -0.15) is 0 Å². The summed E-state index contributed by atoms with van der Waals surface area (Å²) in [4.78, 5) is 10.3. The van der Waals surface area contributed by atoms with Crippen molar-refractivity contribution in [3.05, 3.63) is 25.1 Å². The molecule has 1 aromatic rings. The van der Waals surface area contributed by atoms with Crippen LogP contribution in [0.1, 0.15) is 6.92 Å². The SMILES string of the molecule is C=C(C=CC)n1cnnc1OCC(=O)O. The number of hydrogen-bond acceptors (Lipinski definition) is 4. The molecular formula is C9H11N3O3. The summed E-state index contributed by atoms with van der Waals surface area (Å²) in [5, 5.41) is 15.7. The van der Waals surface area contributed by atoms with Crippen LogP contribution in [0.25, 0.3) is 5.70 Å². The Bertz CT molecular complexity index is 395. The van der Waals surface area contributed by atoms with Gasteiger partial charge < -0.3 is 9.84 Å². The van der Waals surface area contributed by atoms with Crippen LogP contribution in [-0.2, 0) is 4.79 Å². The van der Waals surface area contributed by atoms with Gasteiger partial charge in [0.15, 0.2) is 6.61 Å². The summed E-state index contributed by atoms with van der Waals surface area (Å²) < 4.78 is 6.36. The highest BCUT2D eigenvalue weighted by Crippen LogP contribution is 2.12. The Hall–Kier alpha value is -2.11. The van der Waals surface area contributed by atoms with Gasteiger partial charge >= 0.3 is 12.0 Å². The molecule has 0 aliphatic rings. The minimum atomic E-state index is -1.07. The molecule has 0 saturated carbocycles. The number of nitrogens with zero attached hydrogens (tertiary/aromatic N) is 3. The molecular weight excluding hydrogens is 198 g/mol. The van der Waals surface area contributed by atoms with Crippen molar-refractivity contribution in [2.45, 2.75) is 6.92 Å². The smallest absolute Gasteiger partial charge is 0.341 e. The lowest BCUT2D eigenvalue weighted by molar-refractivity contribution is -0.139. The Morgan fingerprint density at radius 2 is 2.53 bits per heavy atom. The van der Waals surface area contributed by atoms with E-state index in [1.807, 2.05) is 6.92 Å². The van der Waals surface area contributed by atoms with Gasteiger partial charge in [-0.05, 0) is 13.0 Å².